The van der Waals surface area contributed by atoms with Gasteiger partial charge in [0, 0.05) is 6.20 Å². The maximum Gasteiger partial charge on any atom is 0.219 e. The standard InChI is InChI=1S/C15H16FNO3/c1-10(18)11-5-6-14(13(16)8-11)20-9-12-4-3-7-17-15(12)19-2/h3-8,10,18H,9H2,1-2H3. The van der Waals surface area contributed by atoms with E-state index in [0.29, 0.717) is 11.4 Å². The molecular weight excluding hydrogens is 261 g/mol. The Bertz CT molecular complexity index is 587. The van der Waals surface area contributed by atoms with E-state index in [1.807, 2.05) is 0 Å². The third-order valence-electron chi connectivity index (χ3n) is 2.86. The molecule has 1 atom stereocenters. The first-order valence-corrected chi connectivity index (χ1v) is 6.20. The molecule has 0 aliphatic rings. The van der Waals surface area contributed by atoms with Crippen LogP contribution in [0.5, 0.6) is 11.6 Å². The molecule has 1 aromatic heterocycles. The van der Waals surface area contributed by atoms with Crippen LogP contribution in [0.2, 0.25) is 0 Å². The molecule has 0 saturated heterocycles. The highest BCUT2D eigenvalue weighted by Crippen LogP contribution is 2.24. The second-order valence-corrected chi connectivity index (χ2v) is 4.33. The largest absolute Gasteiger partial charge is 0.486 e. The molecule has 2 aromatic rings. The van der Waals surface area contributed by atoms with Crippen molar-refractivity contribution in [3.8, 4) is 11.6 Å². The highest BCUT2D eigenvalue weighted by molar-refractivity contribution is 5.31. The Morgan fingerprint density at radius 3 is 2.80 bits per heavy atom. The van der Waals surface area contributed by atoms with Crippen molar-refractivity contribution in [2.75, 3.05) is 7.11 Å². The van der Waals surface area contributed by atoms with Crippen molar-refractivity contribution in [1.82, 2.24) is 4.98 Å². The van der Waals surface area contributed by atoms with E-state index in [1.165, 1.54) is 19.2 Å². The highest BCUT2D eigenvalue weighted by Gasteiger charge is 2.10. The molecule has 106 valence electrons. The van der Waals surface area contributed by atoms with Crippen LogP contribution in [0.3, 0.4) is 0 Å². The monoisotopic (exact) mass is 277 g/mol. The minimum absolute atomic E-state index is 0.125. The first-order chi connectivity index (χ1) is 9.61. The summed E-state index contributed by atoms with van der Waals surface area (Å²) < 4.78 is 24.3. The normalized spacial score (nSPS) is 12.0. The number of nitrogens with zero attached hydrogens (tertiary/aromatic N) is 1. The fourth-order valence-electron chi connectivity index (χ4n) is 1.77. The summed E-state index contributed by atoms with van der Waals surface area (Å²) in [6.07, 6.45) is 0.900. The molecule has 0 bridgehead atoms. The first-order valence-electron chi connectivity index (χ1n) is 6.20. The van der Waals surface area contributed by atoms with Gasteiger partial charge in [0.15, 0.2) is 11.6 Å². The van der Waals surface area contributed by atoms with Crippen molar-refractivity contribution in [3.63, 3.8) is 0 Å². The lowest BCUT2D eigenvalue weighted by Gasteiger charge is -2.11. The number of ether oxygens (including phenoxy) is 2. The second-order valence-electron chi connectivity index (χ2n) is 4.33. The lowest BCUT2D eigenvalue weighted by molar-refractivity contribution is 0.198. The fraction of sp³-hybridized carbons (Fsp3) is 0.267. The van der Waals surface area contributed by atoms with Gasteiger partial charge < -0.3 is 14.6 Å². The molecule has 0 aliphatic carbocycles. The zero-order valence-corrected chi connectivity index (χ0v) is 11.3. The van der Waals surface area contributed by atoms with Crippen LogP contribution in [0, 0.1) is 5.82 Å². The maximum absolute atomic E-state index is 13.8. The molecule has 1 aromatic carbocycles. The minimum Gasteiger partial charge on any atom is -0.486 e. The van der Waals surface area contributed by atoms with Crippen molar-refractivity contribution >= 4 is 0 Å². The van der Waals surface area contributed by atoms with E-state index >= 15 is 0 Å². The molecule has 20 heavy (non-hydrogen) atoms. The molecule has 0 radical (unpaired) electrons. The average Bonchev–Trinajstić information content (AvgIpc) is 2.46. The van der Waals surface area contributed by atoms with E-state index < -0.39 is 11.9 Å². The van der Waals surface area contributed by atoms with Crippen molar-refractivity contribution in [1.29, 1.82) is 0 Å². The summed E-state index contributed by atoms with van der Waals surface area (Å²) in [7, 11) is 1.52. The summed E-state index contributed by atoms with van der Waals surface area (Å²) in [4.78, 5) is 4.04. The van der Waals surface area contributed by atoms with Crippen molar-refractivity contribution in [2.24, 2.45) is 0 Å². The van der Waals surface area contributed by atoms with E-state index in [2.05, 4.69) is 4.98 Å². The van der Waals surface area contributed by atoms with Gasteiger partial charge in [-0.3, -0.25) is 0 Å². The Hall–Kier alpha value is -2.14. The quantitative estimate of drug-likeness (QED) is 0.913. The number of hydrogen-bond acceptors (Lipinski definition) is 4. The van der Waals surface area contributed by atoms with E-state index in [1.54, 1.807) is 31.3 Å². The lowest BCUT2D eigenvalue weighted by atomic mass is 10.1. The van der Waals surface area contributed by atoms with Crippen molar-refractivity contribution in [3.05, 3.63) is 53.5 Å². The maximum atomic E-state index is 13.8. The molecule has 0 amide bonds. The van der Waals surface area contributed by atoms with Gasteiger partial charge in [0.05, 0.1) is 18.8 Å². The van der Waals surface area contributed by atoms with Gasteiger partial charge in [-0.2, -0.15) is 0 Å². The molecule has 5 heteroatoms. The van der Waals surface area contributed by atoms with Crippen LogP contribution in [0.1, 0.15) is 24.2 Å². The predicted octanol–water partition coefficient (Wildman–Crippen LogP) is 2.86. The van der Waals surface area contributed by atoms with Crippen LogP contribution >= 0.6 is 0 Å². The Morgan fingerprint density at radius 2 is 2.15 bits per heavy atom. The van der Waals surface area contributed by atoms with Crippen molar-refractivity contribution in [2.45, 2.75) is 19.6 Å². The van der Waals surface area contributed by atoms with Gasteiger partial charge in [0.1, 0.15) is 6.61 Å². The zero-order valence-electron chi connectivity index (χ0n) is 11.3. The highest BCUT2D eigenvalue weighted by atomic mass is 19.1. The van der Waals surface area contributed by atoms with Gasteiger partial charge in [-0.15, -0.1) is 0 Å². The van der Waals surface area contributed by atoms with Gasteiger partial charge in [0.25, 0.3) is 0 Å². The Balaban J connectivity index is 2.11. The molecule has 0 spiro atoms. The smallest absolute Gasteiger partial charge is 0.219 e. The minimum atomic E-state index is -0.711. The molecule has 0 saturated carbocycles. The number of pyridine rings is 1. The average molecular weight is 277 g/mol. The molecule has 2 rings (SSSR count). The topological polar surface area (TPSA) is 51.6 Å². The van der Waals surface area contributed by atoms with Crippen LogP contribution in [-0.2, 0) is 6.61 Å². The number of aliphatic hydroxyl groups excluding tert-OH is 1. The third-order valence-corrected chi connectivity index (χ3v) is 2.86. The van der Waals surface area contributed by atoms with Gasteiger partial charge >= 0.3 is 0 Å². The van der Waals surface area contributed by atoms with Gasteiger partial charge in [-0.1, -0.05) is 6.07 Å². The lowest BCUT2D eigenvalue weighted by Crippen LogP contribution is -2.02. The van der Waals surface area contributed by atoms with Crippen molar-refractivity contribution < 1.29 is 19.0 Å². The Labute approximate surface area is 116 Å². The fourth-order valence-corrected chi connectivity index (χ4v) is 1.77. The number of hydrogen-bond donors (Lipinski definition) is 1. The summed E-state index contributed by atoms with van der Waals surface area (Å²) in [5.74, 6) is 0.0695. The van der Waals surface area contributed by atoms with Crippen LogP contribution in [-0.4, -0.2) is 17.2 Å². The van der Waals surface area contributed by atoms with Crippen LogP contribution in [0.4, 0.5) is 4.39 Å². The van der Waals surface area contributed by atoms with E-state index in [0.717, 1.165) is 5.56 Å². The Kier molecular flexibility index (Phi) is 4.53. The predicted molar refractivity (Wildman–Crippen MR) is 72.2 cm³/mol. The number of halogens is 1. The molecule has 0 aliphatic heterocycles. The molecular formula is C15H16FNO3. The van der Waals surface area contributed by atoms with Crippen LogP contribution in [0.25, 0.3) is 0 Å². The molecule has 0 fully saturated rings. The SMILES string of the molecule is COc1ncccc1COc1ccc(C(C)O)cc1F. The molecule has 4 nitrogen and oxygen atoms in total. The second kappa shape index (κ2) is 6.34. The number of aliphatic hydroxyl groups is 1. The summed E-state index contributed by atoms with van der Waals surface area (Å²) in [6.45, 7) is 1.73. The number of methoxy groups -OCH3 is 1. The number of benzene rings is 1. The zero-order chi connectivity index (χ0) is 14.5. The number of rotatable bonds is 5. The summed E-state index contributed by atoms with van der Waals surface area (Å²) >= 11 is 0. The molecule has 1 unspecified atom stereocenters. The van der Waals surface area contributed by atoms with E-state index in [9.17, 15) is 9.50 Å². The van der Waals surface area contributed by atoms with Gasteiger partial charge in [0.2, 0.25) is 5.88 Å². The van der Waals surface area contributed by atoms with Crippen LogP contribution < -0.4 is 9.47 Å². The van der Waals surface area contributed by atoms with Gasteiger partial charge in [-0.25, -0.2) is 9.37 Å². The first kappa shape index (κ1) is 14.3. The summed E-state index contributed by atoms with van der Waals surface area (Å²) in [6, 6.07) is 7.95. The summed E-state index contributed by atoms with van der Waals surface area (Å²) in [5.41, 5.74) is 1.24. The van der Waals surface area contributed by atoms with E-state index in [-0.39, 0.29) is 12.4 Å². The molecule has 1 heterocycles. The summed E-state index contributed by atoms with van der Waals surface area (Å²) in [5, 5.41) is 9.38. The molecule has 1 N–H and O–H groups in total. The Morgan fingerprint density at radius 1 is 1.35 bits per heavy atom. The van der Waals surface area contributed by atoms with E-state index in [4.69, 9.17) is 9.47 Å². The number of aromatic nitrogens is 1. The van der Waals surface area contributed by atoms with Gasteiger partial charge in [-0.05, 0) is 36.8 Å². The third kappa shape index (κ3) is 3.24. The van der Waals surface area contributed by atoms with Crippen LogP contribution in [0.15, 0.2) is 36.5 Å².